The van der Waals surface area contributed by atoms with Crippen LogP contribution in [-0.2, 0) is 0 Å². The molecule has 3 heterocycles. The number of pyridine rings is 1. The number of hydrogen-bond acceptors (Lipinski definition) is 8. The molecule has 1 fully saturated rings. The van der Waals surface area contributed by atoms with E-state index in [1.54, 1.807) is 17.3 Å². The Balaban J connectivity index is 1.32. The average Bonchev–Trinajstić information content (AvgIpc) is 3.33. The molecular formula is C25H28N6O2S. The highest BCUT2D eigenvalue weighted by atomic mass is 32.1. The standard InChI is InChI=1S/C25H28N6O2S/c1-30(15-16-33-20-8-3-2-4-9-20)24(32)22-18-34-25(28-22)29-23-11-5-10-21(27-23)19-7-6-13-31(17-19)14-12-26/h2-5,8-11,18-19H,6-7,13-17H2,1H3,(H,27,28,29)/t19-/m0/s1. The maximum Gasteiger partial charge on any atom is 0.273 e. The van der Waals surface area contributed by atoms with Crippen LogP contribution in [0.5, 0.6) is 5.75 Å². The molecule has 0 aliphatic carbocycles. The van der Waals surface area contributed by atoms with Crippen LogP contribution in [0.15, 0.2) is 53.9 Å². The smallest absolute Gasteiger partial charge is 0.273 e. The molecule has 34 heavy (non-hydrogen) atoms. The SMILES string of the molecule is CN(CCOc1ccccc1)C(=O)c1csc(Nc2cccc([C@H]3CCCN(CC#N)C3)n2)n1. The molecule has 2 aromatic heterocycles. The van der Waals surface area contributed by atoms with Crippen LogP contribution in [0.25, 0.3) is 0 Å². The molecule has 4 rings (SSSR count). The van der Waals surface area contributed by atoms with Gasteiger partial charge in [-0.2, -0.15) is 5.26 Å². The molecule has 0 unspecified atom stereocenters. The van der Waals surface area contributed by atoms with E-state index in [2.05, 4.69) is 21.3 Å². The second kappa shape index (κ2) is 11.6. The first-order valence-corrected chi connectivity index (χ1v) is 12.2. The van der Waals surface area contributed by atoms with Crippen molar-refractivity contribution < 1.29 is 9.53 Å². The lowest BCUT2D eigenvalue weighted by atomic mass is 9.94. The number of benzene rings is 1. The molecule has 176 valence electrons. The minimum absolute atomic E-state index is 0.150. The molecular weight excluding hydrogens is 448 g/mol. The van der Waals surface area contributed by atoms with Crippen molar-refractivity contribution in [2.75, 3.05) is 45.2 Å². The third-order valence-corrected chi connectivity index (χ3v) is 6.49. The first kappa shape index (κ1) is 23.7. The Morgan fingerprint density at radius 3 is 2.94 bits per heavy atom. The van der Waals surface area contributed by atoms with Gasteiger partial charge in [-0.3, -0.25) is 9.69 Å². The molecule has 0 saturated carbocycles. The van der Waals surface area contributed by atoms with Gasteiger partial charge in [-0.05, 0) is 43.7 Å². The molecule has 0 radical (unpaired) electrons. The zero-order valence-corrected chi connectivity index (χ0v) is 20.0. The Hall–Kier alpha value is -3.48. The number of nitriles is 1. The highest BCUT2D eigenvalue weighted by Gasteiger charge is 2.22. The van der Waals surface area contributed by atoms with Crippen molar-refractivity contribution in [3.63, 3.8) is 0 Å². The fraction of sp³-hybridized carbons (Fsp3) is 0.360. The lowest BCUT2D eigenvalue weighted by Gasteiger charge is -2.30. The molecule has 1 aliphatic heterocycles. The zero-order chi connectivity index (χ0) is 23.8. The van der Waals surface area contributed by atoms with Crippen LogP contribution < -0.4 is 10.1 Å². The lowest BCUT2D eigenvalue weighted by molar-refractivity contribution is 0.0769. The van der Waals surface area contributed by atoms with Gasteiger partial charge in [-0.1, -0.05) is 24.3 Å². The molecule has 1 atom stereocenters. The molecule has 0 bridgehead atoms. The second-order valence-corrected chi connectivity index (χ2v) is 9.09. The minimum atomic E-state index is -0.150. The number of para-hydroxylation sites is 1. The molecule has 1 aliphatic rings. The Morgan fingerprint density at radius 1 is 1.26 bits per heavy atom. The Kier molecular flexibility index (Phi) is 8.07. The Morgan fingerprint density at radius 2 is 2.12 bits per heavy atom. The number of piperidine rings is 1. The van der Waals surface area contributed by atoms with Crippen LogP contribution in [-0.4, -0.2) is 65.5 Å². The Labute approximate surface area is 203 Å². The number of carbonyl (C=O) groups excluding carboxylic acids is 1. The van der Waals surface area contributed by atoms with Gasteiger partial charge in [-0.15, -0.1) is 11.3 Å². The van der Waals surface area contributed by atoms with Crippen LogP contribution in [0.2, 0.25) is 0 Å². The van der Waals surface area contributed by atoms with Crippen molar-refractivity contribution in [1.29, 1.82) is 5.26 Å². The van der Waals surface area contributed by atoms with Gasteiger partial charge in [0.1, 0.15) is 23.9 Å². The number of rotatable bonds is 9. The van der Waals surface area contributed by atoms with Crippen LogP contribution in [0.3, 0.4) is 0 Å². The van der Waals surface area contributed by atoms with E-state index in [1.807, 2.05) is 48.5 Å². The van der Waals surface area contributed by atoms with Crippen molar-refractivity contribution in [2.45, 2.75) is 18.8 Å². The van der Waals surface area contributed by atoms with Crippen molar-refractivity contribution in [3.8, 4) is 11.8 Å². The van der Waals surface area contributed by atoms with Crippen molar-refractivity contribution in [3.05, 3.63) is 65.3 Å². The number of ether oxygens (including phenoxy) is 1. The van der Waals surface area contributed by atoms with Gasteiger partial charge in [0.15, 0.2) is 5.13 Å². The molecule has 1 N–H and O–H groups in total. The van der Waals surface area contributed by atoms with Crippen LogP contribution in [0.4, 0.5) is 10.9 Å². The first-order valence-electron chi connectivity index (χ1n) is 11.3. The maximum atomic E-state index is 12.7. The number of hydrogen-bond donors (Lipinski definition) is 1. The Bertz CT molecular complexity index is 1130. The number of carbonyl (C=O) groups is 1. The van der Waals surface area contributed by atoms with E-state index in [9.17, 15) is 4.79 Å². The van der Waals surface area contributed by atoms with Crippen LogP contribution >= 0.6 is 11.3 Å². The average molecular weight is 477 g/mol. The number of likely N-dealkylation sites (N-methyl/N-ethyl adjacent to an activating group) is 1. The van der Waals surface area contributed by atoms with Gasteiger partial charge in [-0.25, -0.2) is 9.97 Å². The molecule has 1 saturated heterocycles. The predicted molar refractivity (Wildman–Crippen MR) is 133 cm³/mol. The highest BCUT2D eigenvalue weighted by Crippen LogP contribution is 2.27. The number of aromatic nitrogens is 2. The van der Waals surface area contributed by atoms with E-state index in [-0.39, 0.29) is 5.91 Å². The fourth-order valence-electron chi connectivity index (χ4n) is 3.94. The van der Waals surface area contributed by atoms with Crippen molar-refractivity contribution >= 4 is 28.2 Å². The van der Waals surface area contributed by atoms with Crippen LogP contribution in [0, 0.1) is 11.3 Å². The number of anilines is 2. The summed E-state index contributed by atoms with van der Waals surface area (Å²) in [6.45, 7) is 3.13. The molecule has 1 aromatic carbocycles. The van der Waals surface area contributed by atoms with E-state index in [0.717, 1.165) is 37.4 Å². The predicted octanol–water partition coefficient (Wildman–Crippen LogP) is 4.14. The number of thiazole rings is 1. The van der Waals surface area contributed by atoms with Crippen molar-refractivity contribution in [2.24, 2.45) is 0 Å². The maximum absolute atomic E-state index is 12.7. The molecule has 8 nitrogen and oxygen atoms in total. The van der Waals surface area contributed by atoms with E-state index >= 15 is 0 Å². The quantitative estimate of drug-likeness (QED) is 0.464. The lowest BCUT2D eigenvalue weighted by Crippen LogP contribution is -2.34. The number of nitrogens with one attached hydrogen (secondary N) is 1. The normalized spacial score (nSPS) is 15.9. The third kappa shape index (κ3) is 6.31. The second-order valence-electron chi connectivity index (χ2n) is 8.23. The highest BCUT2D eigenvalue weighted by molar-refractivity contribution is 7.14. The van der Waals surface area contributed by atoms with E-state index in [0.29, 0.717) is 42.3 Å². The minimum Gasteiger partial charge on any atom is -0.492 e. The first-order chi connectivity index (χ1) is 16.6. The van der Waals surface area contributed by atoms with E-state index in [4.69, 9.17) is 15.0 Å². The molecule has 9 heteroatoms. The summed E-state index contributed by atoms with van der Waals surface area (Å²) in [4.78, 5) is 25.8. The summed E-state index contributed by atoms with van der Waals surface area (Å²) in [5, 5.41) is 14.6. The summed E-state index contributed by atoms with van der Waals surface area (Å²) in [6.07, 6.45) is 2.13. The van der Waals surface area contributed by atoms with Crippen LogP contribution in [0.1, 0.15) is 34.9 Å². The summed E-state index contributed by atoms with van der Waals surface area (Å²) < 4.78 is 5.68. The van der Waals surface area contributed by atoms with E-state index in [1.165, 1.54) is 11.3 Å². The number of amides is 1. The van der Waals surface area contributed by atoms with E-state index < -0.39 is 0 Å². The summed E-state index contributed by atoms with van der Waals surface area (Å²) in [7, 11) is 1.74. The summed E-state index contributed by atoms with van der Waals surface area (Å²) >= 11 is 1.37. The fourth-order valence-corrected chi connectivity index (χ4v) is 4.63. The summed E-state index contributed by atoms with van der Waals surface area (Å²) in [6, 6.07) is 17.7. The van der Waals surface area contributed by atoms with Gasteiger partial charge in [0.2, 0.25) is 0 Å². The van der Waals surface area contributed by atoms with Gasteiger partial charge in [0.05, 0.1) is 19.2 Å². The molecule has 3 aromatic rings. The third-order valence-electron chi connectivity index (χ3n) is 5.73. The van der Waals surface area contributed by atoms with Gasteiger partial charge >= 0.3 is 0 Å². The van der Waals surface area contributed by atoms with Gasteiger partial charge < -0.3 is 15.0 Å². The largest absolute Gasteiger partial charge is 0.492 e. The zero-order valence-electron chi connectivity index (χ0n) is 19.2. The summed E-state index contributed by atoms with van der Waals surface area (Å²) in [5.74, 6) is 1.64. The number of likely N-dealkylation sites (tertiary alicyclic amines) is 1. The number of nitrogens with zero attached hydrogens (tertiary/aromatic N) is 5. The van der Waals surface area contributed by atoms with Gasteiger partial charge in [0, 0.05) is 30.6 Å². The topological polar surface area (TPSA) is 94.4 Å². The molecule has 1 amide bonds. The summed E-state index contributed by atoms with van der Waals surface area (Å²) in [5.41, 5.74) is 1.41. The van der Waals surface area contributed by atoms with Gasteiger partial charge in [0.25, 0.3) is 5.91 Å². The molecule has 0 spiro atoms. The monoisotopic (exact) mass is 476 g/mol. The van der Waals surface area contributed by atoms with Crippen molar-refractivity contribution in [1.82, 2.24) is 19.8 Å².